The second-order valence-electron chi connectivity index (χ2n) is 6.10. The second-order valence-corrected chi connectivity index (χ2v) is 6.51. The predicted molar refractivity (Wildman–Crippen MR) is 104 cm³/mol. The second kappa shape index (κ2) is 8.18. The van der Waals surface area contributed by atoms with E-state index < -0.39 is 11.7 Å². The first-order valence-corrected chi connectivity index (χ1v) is 8.75. The van der Waals surface area contributed by atoms with Crippen molar-refractivity contribution in [3.8, 4) is 0 Å². The van der Waals surface area contributed by atoms with Crippen LogP contribution in [0.2, 0.25) is 5.02 Å². The van der Waals surface area contributed by atoms with Crippen molar-refractivity contribution in [3.63, 3.8) is 0 Å². The lowest BCUT2D eigenvalue weighted by Gasteiger charge is -2.09. The van der Waals surface area contributed by atoms with Gasteiger partial charge in [0.2, 0.25) is 5.91 Å². The molecule has 3 rings (SSSR count). The van der Waals surface area contributed by atoms with Crippen molar-refractivity contribution in [3.05, 3.63) is 70.3 Å². The third-order valence-electron chi connectivity index (χ3n) is 4.13. The van der Waals surface area contributed by atoms with Crippen LogP contribution in [0.5, 0.6) is 0 Å². The number of benzene rings is 2. The van der Waals surface area contributed by atoms with Gasteiger partial charge in [0.15, 0.2) is 5.69 Å². The van der Waals surface area contributed by atoms with Gasteiger partial charge < -0.3 is 10.6 Å². The fourth-order valence-electron chi connectivity index (χ4n) is 2.51. The van der Waals surface area contributed by atoms with Crippen LogP contribution >= 0.6 is 11.6 Å². The first-order chi connectivity index (χ1) is 13.3. The summed E-state index contributed by atoms with van der Waals surface area (Å²) in [5.41, 5.74) is 2.31. The molecular weight excluding hydrogens is 385 g/mol. The SMILES string of the molecule is Cc1c(Cl)cccc1NC(=O)c1nnn(CC(=O)Nc2ccc(F)cc2)c1C. The van der Waals surface area contributed by atoms with Crippen LogP contribution in [0.15, 0.2) is 42.5 Å². The van der Waals surface area contributed by atoms with Gasteiger partial charge in [-0.2, -0.15) is 0 Å². The zero-order valence-electron chi connectivity index (χ0n) is 15.2. The Labute approximate surface area is 165 Å². The third-order valence-corrected chi connectivity index (χ3v) is 4.54. The van der Waals surface area contributed by atoms with Gasteiger partial charge >= 0.3 is 0 Å². The van der Waals surface area contributed by atoms with Gasteiger partial charge in [-0.15, -0.1) is 5.10 Å². The molecule has 0 spiro atoms. The number of amides is 2. The number of aromatic nitrogens is 3. The zero-order chi connectivity index (χ0) is 20.3. The van der Waals surface area contributed by atoms with E-state index in [1.54, 1.807) is 32.0 Å². The van der Waals surface area contributed by atoms with E-state index in [2.05, 4.69) is 20.9 Å². The van der Waals surface area contributed by atoms with Crippen LogP contribution in [0, 0.1) is 19.7 Å². The lowest BCUT2D eigenvalue weighted by atomic mass is 10.2. The molecule has 0 fully saturated rings. The van der Waals surface area contributed by atoms with Crippen molar-refractivity contribution in [2.45, 2.75) is 20.4 Å². The van der Waals surface area contributed by atoms with Crippen LogP contribution in [-0.4, -0.2) is 26.8 Å². The molecule has 0 aliphatic carbocycles. The Hall–Kier alpha value is -3.26. The number of halogens is 2. The largest absolute Gasteiger partial charge is 0.324 e. The maximum absolute atomic E-state index is 12.9. The highest BCUT2D eigenvalue weighted by atomic mass is 35.5. The molecule has 9 heteroatoms. The summed E-state index contributed by atoms with van der Waals surface area (Å²) in [5.74, 6) is -1.22. The van der Waals surface area contributed by atoms with E-state index in [4.69, 9.17) is 11.6 Å². The van der Waals surface area contributed by atoms with Gasteiger partial charge in [-0.1, -0.05) is 22.9 Å². The molecule has 28 heavy (non-hydrogen) atoms. The molecule has 0 aliphatic heterocycles. The fourth-order valence-corrected chi connectivity index (χ4v) is 2.69. The quantitative estimate of drug-likeness (QED) is 0.683. The van der Waals surface area contributed by atoms with E-state index in [1.165, 1.54) is 28.9 Å². The number of hydrogen-bond acceptors (Lipinski definition) is 4. The van der Waals surface area contributed by atoms with Gasteiger partial charge in [0.1, 0.15) is 12.4 Å². The number of carbonyl (C=O) groups excluding carboxylic acids is 2. The van der Waals surface area contributed by atoms with E-state index in [0.717, 1.165) is 5.56 Å². The summed E-state index contributed by atoms with van der Waals surface area (Å²) in [5, 5.41) is 13.7. The maximum atomic E-state index is 12.9. The van der Waals surface area contributed by atoms with E-state index in [9.17, 15) is 14.0 Å². The molecule has 2 aromatic carbocycles. The molecule has 3 aromatic rings. The Balaban J connectivity index is 1.69. The number of nitrogens with one attached hydrogen (secondary N) is 2. The summed E-state index contributed by atoms with van der Waals surface area (Å²) in [7, 11) is 0. The van der Waals surface area contributed by atoms with E-state index in [1.807, 2.05) is 0 Å². The molecular formula is C19H17ClFN5O2. The van der Waals surface area contributed by atoms with Crippen molar-refractivity contribution in [2.75, 3.05) is 10.6 Å². The summed E-state index contributed by atoms with van der Waals surface area (Å²) in [6, 6.07) is 10.6. The number of carbonyl (C=O) groups is 2. The van der Waals surface area contributed by atoms with Gasteiger partial charge in [-0.05, 0) is 55.8 Å². The van der Waals surface area contributed by atoms with Crippen LogP contribution in [0.1, 0.15) is 21.7 Å². The number of anilines is 2. The lowest BCUT2D eigenvalue weighted by Crippen LogP contribution is -2.21. The van der Waals surface area contributed by atoms with Gasteiger partial charge in [0.25, 0.3) is 5.91 Å². The van der Waals surface area contributed by atoms with Gasteiger partial charge in [-0.3, -0.25) is 9.59 Å². The minimum atomic E-state index is -0.451. The van der Waals surface area contributed by atoms with Crippen LogP contribution in [0.4, 0.5) is 15.8 Å². The molecule has 0 atom stereocenters. The van der Waals surface area contributed by atoms with Crippen LogP contribution < -0.4 is 10.6 Å². The average Bonchev–Trinajstić information content (AvgIpc) is 3.01. The Kier molecular flexibility index (Phi) is 5.70. The number of hydrogen-bond donors (Lipinski definition) is 2. The summed E-state index contributed by atoms with van der Waals surface area (Å²) >= 11 is 6.06. The molecule has 0 saturated heterocycles. The molecule has 0 unspecified atom stereocenters. The van der Waals surface area contributed by atoms with Crippen molar-refractivity contribution < 1.29 is 14.0 Å². The van der Waals surface area contributed by atoms with Crippen LogP contribution in [-0.2, 0) is 11.3 Å². The van der Waals surface area contributed by atoms with Crippen LogP contribution in [0.25, 0.3) is 0 Å². The molecule has 0 radical (unpaired) electrons. The first-order valence-electron chi connectivity index (χ1n) is 8.37. The number of nitrogens with zero attached hydrogens (tertiary/aromatic N) is 3. The highest BCUT2D eigenvalue weighted by Crippen LogP contribution is 2.23. The van der Waals surface area contributed by atoms with Gasteiger partial charge in [0, 0.05) is 16.4 Å². The molecule has 0 saturated carbocycles. The summed E-state index contributed by atoms with van der Waals surface area (Å²) in [6.45, 7) is 3.30. The smallest absolute Gasteiger partial charge is 0.278 e. The Morgan fingerprint density at radius 1 is 1.11 bits per heavy atom. The molecule has 1 aromatic heterocycles. The Morgan fingerprint density at radius 3 is 2.54 bits per heavy atom. The molecule has 7 nitrogen and oxygen atoms in total. The fraction of sp³-hybridized carbons (Fsp3) is 0.158. The molecule has 2 N–H and O–H groups in total. The Morgan fingerprint density at radius 2 is 1.82 bits per heavy atom. The van der Waals surface area contributed by atoms with Gasteiger partial charge in [0.05, 0.1) is 5.69 Å². The van der Waals surface area contributed by atoms with Gasteiger partial charge in [-0.25, -0.2) is 9.07 Å². The summed E-state index contributed by atoms with van der Waals surface area (Å²) in [4.78, 5) is 24.7. The highest BCUT2D eigenvalue weighted by Gasteiger charge is 2.19. The van der Waals surface area contributed by atoms with Crippen LogP contribution in [0.3, 0.4) is 0 Å². The normalized spacial score (nSPS) is 10.6. The molecule has 0 bridgehead atoms. The van der Waals surface area contributed by atoms with Crippen molar-refractivity contribution in [2.24, 2.45) is 0 Å². The standard InChI is InChI=1S/C19H17ClFN5O2/c1-11-15(20)4-3-5-16(11)23-19(28)18-12(2)26(25-24-18)10-17(27)22-14-8-6-13(21)7-9-14/h3-9H,10H2,1-2H3,(H,22,27)(H,23,28). The van der Waals surface area contributed by atoms with E-state index in [-0.39, 0.29) is 18.1 Å². The first kappa shape index (κ1) is 19.5. The maximum Gasteiger partial charge on any atom is 0.278 e. The molecule has 2 amide bonds. The Bertz CT molecular complexity index is 1030. The minimum Gasteiger partial charge on any atom is -0.324 e. The highest BCUT2D eigenvalue weighted by molar-refractivity contribution is 6.31. The third kappa shape index (κ3) is 4.34. The molecule has 1 heterocycles. The zero-order valence-corrected chi connectivity index (χ0v) is 15.9. The van der Waals surface area contributed by atoms with E-state index in [0.29, 0.717) is 22.1 Å². The molecule has 0 aliphatic rings. The van der Waals surface area contributed by atoms with E-state index >= 15 is 0 Å². The van der Waals surface area contributed by atoms with Crippen molar-refractivity contribution in [1.29, 1.82) is 0 Å². The molecule has 144 valence electrons. The topological polar surface area (TPSA) is 88.9 Å². The van der Waals surface area contributed by atoms with Crippen molar-refractivity contribution >= 4 is 34.8 Å². The summed E-state index contributed by atoms with van der Waals surface area (Å²) in [6.07, 6.45) is 0. The minimum absolute atomic E-state index is 0.106. The predicted octanol–water partition coefficient (Wildman–Crippen LogP) is 3.58. The van der Waals surface area contributed by atoms with Crippen molar-refractivity contribution in [1.82, 2.24) is 15.0 Å². The summed E-state index contributed by atoms with van der Waals surface area (Å²) < 4.78 is 14.2. The lowest BCUT2D eigenvalue weighted by molar-refractivity contribution is -0.117. The number of rotatable bonds is 5. The monoisotopic (exact) mass is 401 g/mol. The average molecular weight is 402 g/mol.